The number of alkyl halides is 3. The van der Waals surface area contributed by atoms with E-state index in [2.05, 4.69) is 0 Å². The first kappa shape index (κ1) is 16.9. The maximum Gasteiger partial charge on any atom is 0.417 e. The van der Waals surface area contributed by atoms with Crippen molar-refractivity contribution in [2.45, 2.75) is 26.6 Å². The molecule has 0 fully saturated rings. The summed E-state index contributed by atoms with van der Waals surface area (Å²) in [5.41, 5.74) is 6.84. The molecular weight excluding hydrogens is 309 g/mol. The molecule has 124 valence electrons. The summed E-state index contributed by atoms with van der Waals surface area (Å²) in [7, 11) is 0. The van der Waals surface area contributed by atoms with Crippen molar-refractivity contribution in [1.82, 2.24) is 4.57 Å². The average molecular weight is 326 g/mol. The van der Waals surface area contributed by atoms with Crippen LogP contribution in [0.5, 0.6) is 0 Å². The lowest BCUT2D eigenvalue weighted by molar-refractivity contribution is -0.137. The van der Waals surface area contributed by atoms with Gasteiger partial charge in [-0.25, -0.2) is 4.79 Å². The van der Waals surface area contributed by atoms with Crippen LogP contribution in [-0.4, -0.2) is 17.1 Å². The van der Waals surface area contributed by atoms with Gasteiger partial charge in [0.05, 0.1) is 12.2 Å². The second-order valence-corrected chi connectivity index (χ2v) is 5.21. The molecule has 0 amide bonds. The predicted molar refractivity (Wildman–Crippen MR) is 80.1 cm³/mol. The Morgan fingerprint density at radius 3 is 2.52 bits per heavy atom. The Bertz CT molecular complexity index is 700. The molecule has 7 heteroatoms. The summed E-state index contributed by atoms with van der Waals surface area (Å²) in [5.74, 6) is -0.788. The van der Waals surface area contributed by atoms with Crippen LogP contribution < -0.4 is 5.73 Å². The molecule has 0 atom stereocenters. The van der Waals surface area contributed by atoms with Gasteiger partial charge in [0.15, 0.2) is 0 Å². The van der Waals surface area contributed by atoms with E-state index >= 15 is 0 Å². The van der Waals surface area contributed by atoms with E-state index in [4.69, 9.17) is 10.5 Å². The van der Waals surface area contributed by atoms with Crippen LogP contribution in [0.3, 0.4) is 0 Å². The van der Waals surface area contributed by atoms with Crippen LogP contribution in [0.4, 0.5) is 18.9 Å². The first-order chi connectivity index (χ1) is 10.7. The summed E-state index contributed by atoms with van der Waals surface area (Å²) in [6.07, 6.45) is -3.62. The van der Waals surface area contributed by atoms with E-state index in [-0.39, 0.29) is 18.8 Å². The summed E-state index contributed by atoms with van der Waals surface area (Å²) >= 11 is 0. The SMILES string of the molecule is CCOC(=O)c1cc(C(F)(F)F)cn1Cc1cc(C)cc(N)c1. The molecule has 0 radical (unpaired) electrons. The zero-order valence-corrected chi connectivity index (χ0v) is 12.8. The second-order valence-electron chi connectivity index (χ2n) is 5.21. The third-order valence-electron chi connectivity index (χ3n) is 3.22. The largest absolute Gasteiger partial charge is 0.461 e. The molecule has 0 aliphatic heterocycles. The van der Waals surface area contributed by atoms with Crippen molar-refractivity contribution in [3.05, 3.63) is 52.8 Å². The number of aryl methyl sites for hydroxylation is 1. The number of hydrogen-bond acceptors (Lipinski definition) is 3. The molecule has 1 heterocycles. The molecule has 0 saturated heterocycles. The molecule has 0 bridgehead atoms. The standard InChI is InChI=1S/C16H17F3N2O2/c1-3-23-15(22)14-7-12(16(17,18)19)9-21(14)8-11-4-10(2)5-13(20)6-11/h4-7,9H,3,8,20H2,1-2H3. The van der Waals surface area contributed by atoms with Crippen LogP contribution in [0.2, 0.25) is 0 Å². The topological polar surface area (TPSA) is 57.2 Å². The van der Waals surface area contributed by atoms with Crippen molar-refractivity contribution in [3.63, 3.8) is 0 Å². The molecule has 0 saturated carbocycles. The number of benzene rings is 1. The molecular formula is C16H17F3N2O2. The quantitative estimate of drug-likeness (QED) is 0.689. The van der Waals surface area contributed by atoms with Crippen LogP contribution in [-0.2, 0) is 17.5 Å². The first-order valence-corrected chi connectivity index (χ1v) is 7.01. The molecule has 0 aliphatic carbocycles. The summed E-state index contributed by atoms with van der Waals surface area (Å²) in [6, 6.07) is 6.03. The number of halogens is 3. The highest BCUT2D eigenvalue weighted by atomic mass is 19.4. The molecule has 0 aliphatic rings. The zero-order chi connectivity index (χ0) is 17.2. The van der Waals surface area contributed by atoms with Gasteiger partial charge in [-0.15, -0.1) is 0 Å². The fourth-order valence-corrected chi connectivity index (χ4v) is 2.35. The zero-order valence-electron chi connectivity index (χ0n) is 12.8. The highest BCUT2D eigenvalue weighted by Crippen LogP contribution is 2.31. The van der Waals surface area contributed by atoms with Crippen molar-refractivity contribution in [3.8, 4) is 0 Å². The van der Waals surface area contributed by atoms with Crippen LogP contribution in [0.25, 0.3) is 0 Å². The number of anilines is 1. The third kappa shape index (κ3) is 4.06. The van der Waals surface area contributed by atoms with Crippen LogP contribution >= 0.6 is 0 Å². The maximum atomic E-state index is 12.9. The lowest BCUT2D eigenvalue weighted by Crippen LogP contribution is -2.12. The van der Waals surface area contributed by atoms with Crippen LogP contribution in [0, 0.1) is 6.92 Å². The molecule has 2 rings (SSSR count). The van der Waals surface area contributed by atoms with Crippen molar-refractivity contribution in [1.29, 1.82) is 0 Å². The van der Waals surface area contributed by atoms with Gasteiger partial charge in [0.25, 0.3) is 0 Å². The minimum Gasteiger partial charge on any atom is -0.461 e. The lowest BCUT2D eigenvalue weighted by Gasteiger charge is -2.10. The number of nitrogens with two attached hydrogens (primary N) is 1. The smallest absolute Gasteiger partial charge is 0.417 e. The van der Waals surface area contributed by atoms with Crippen molar-refractivity contribution in [2.75, 3.05) is 12.3 Å². The Hall–Kier alpha value is -2.44. The molecule has 2 N–H and O–H groups in total. The van der Waals surface area contributed by atoms with E-state index in [0.29, 0.717) is 11.3 Å². The fraction of sp³-hybridized carbons (Fsp3) is 0.312. The molecule has 23 heavy (non-hydrogen) atoms. The van der Waals surface area contributed by atoms with Gasteiger partial charge in [0.1, 0.15) is 5.69 Å². The highest BCUT2D eigenvalue weighted by molar-refractivity contribution is 5.88. The van der Waals surface area contributed by atoms with Gasteiger partial charge in [-0.05, 0) is 43.2 Å². The summed E-state index contributed by atoms with van der Waals surface area (Å²) in [5, 5.41) is 0. The Labute approximate surface area is 131 Å². The molecule has 0 spiro atoms. The van der Waals surface area contributed by atoms with E-state index in [1.807, 2.05) is 6.92 Å². The van der Waals surface area contributed by atoms with Crippen molar-refractivity contribution in [2.24, 2.45) is 0 Å². The number of nitrogen functional groups attached to an aromatic ring is 1. The van der Waals surface area contributed by atoms with Gasteiger partial charge in [-0.1, -0.05) is 6.07 Å². The van der Waals surface area contributed by atoms with E-state index in [1.165, 1.54) is 4.57 Å². The second kappa shape index (κ2) is 6.36. The van der Waals surface area contributed by atoms with E-state index in [9.17, 15) is 18.0 Å². The van der Waals surface area contributed by atoms with E-state index in [0.717, 1.165) is 17.8 Å². The fourth-order valence-electron chi connectivity index (χ4n) is 2.35. The number of aromatic nitrogens is 1. The Balaban J connectivity index is 2.42. The van der Waals surface area contributed by atoms with Gasteiger partial charge in [-0.2, -0.15) is 13.2 Å². The van der Waals surface area contributed by atoms with E-state index < -0.39 is 17.7 Å². The lowest BCUT2D eigenvalue weighted by atomic mass is 10.1. The molecule has 1 aromatic heterocycles. The number of carbonyl (C=O) groups is 1. The predicted octanol–water partition coefficient (Wildman–Crippen LogP) is 3.62. The van der Waals surface area contributed by atoms with Gasteiger partial charge in [0.2, 0.25) is 0 Å². The molecule has 0 unspecified atom stereocenters. The monoisotopic (exact) mass is 326 g/mol. The molecule has 1 aromatic carbocycles. The molecule has 4 nitrogen and oxygen atoms in total. The van der Waals surface area contributed by atoms with E-state index in [1.54, 1.807) is 25.1 Å². The number of hydrogen-bond donors (Lipinski definition) is 1. The van der Waals surface area contributed by atoms with Crippen molar-refractivity contribution >= 4 is 11.7 Å². The first-order valence-electron chi connectivity index (χ1n) is 7.01. The van der Waals surface area contributed by atoms with Crippen LogP contribution in [0.15, 0.2) is 30.5 Å². The van der Waals surface area contributed by atoms with Gasteiger partial charge in [0, 0.05) is 18.4 Å². The number of ether oxygens (including phenoxy) is 1. The highest BCUT2D eigenvalue weighted by Gasteiger charge is 2.34. The van der Waals surface area contributed by atoms with Crippen LogP contribution in [0.1, 0.15) is 34.1 Å². The maximum absolute atomic E-state index is 12.9. The average Bonchev–Trinajstić information content (AvgIpc) is 2.81. The Morgan fingerprint density at radius 1 is 1.26 bits per heavy atom. The van der Waals surface area contributed by atoms with Crippen molar-refractivity contribution < 1.29 is 22.7 Å². The normalized spacial score (nSPS) is 11.5. The summed E-state index contributed by atoms with van der Waals surface area (Å²) in [4.78, 5) is 11.9. The summed E-state index contributed by atoms with van der Waals surface area (Å²) in [6.45, 7) is 3.61. The van der Waals surface area contributed by atoms with Gasteiger partial charge >= 0.3 is 12.1 Å². The Kier molecular flexibility index (Phi) is 4.68. The summed E-state index contributed by atoms with van der Waals surface area (Å²) < 4.78 is 44.8. The number of carbonyl (C=O) groups excluding carboxylic acids is 1. The minimum atomic E-state index is -4.53. The van der Waals surface area contributed by atoms with Gasteiger partial charge < -0.3 is 15.0 Å². The number of rotatable bonds is 4. The minimum absolute atomic E-state index is 0.0861. The Morgan fingerprint density at radius 2 is 1.96 bits per heavy atom. The van der Waals surface area contributed by atoms with Gasteiger partial charge in [-0.3, -0.25) is 0 Å². The number of esters is 1. The third-order valence-corrected chi connectivity index (χ3v) is 3.22. The number of nitrogens with zero attached hydrogens (tertiary/aromatic N) is 1. The molecule has 2 aromatic rings.